The second kappa shape index (κ2) is 4.81. The Labute approximate surface area is 107 Å². The van der Waals surface area contributed by atoms with Gasteiger partial charge in [-0.25, -0.2) is 0 Å². The van der Waals surface area contributed by atoms with Crippen molar-refractivity contribution in [1.29, 1.82) is 0 Å². The van der Waals surface area contributed by atoms with E-state index < -0.39 is 5.24 Å². The van der Waals surface area contributed by atoms with E-state index in [1.165, 1.54) is 0 Å². The zero-order chi connectivity index (χ0) is 11.5. The number of halogens is 2. The van der Waals surface area contributed by atoms with Gasteiger partial charge in [0, 0.05) is 10.0 Å². The normalized spacial score (nSPS) is 10.1. The van der Waals surface area contributed by atoms with Crippen molar-refractivity contribution >= 4 is 32.8 Å². The smallest absolute Gasteiger partial charge is 0.252 e. The largest absolute Gasteiger partial charge is 0.276 e. The van der Waals surface area contributed by atoms with Crippen LogP contribution in [0.4, 0.5) is 0 Å². The summed E-state index contributed by atoms with van der Waals surface area (Å²) in [4.78, 5) is 10.9. The molecule has 0 saturated carbocycles. The lowest BCUT2D eigenvalue weighted by Gasteiger charge is -2.02. The molecular weight excluding hydrogens is 287 g/mol. The van der Waals surface area contributed by atoms with Crippen LogP contribution in [-0.4, -0.2) is 5.24 Å². The molecule has 16 heavy (non-hydrogen) atoms. The van der Waals surface area contributed by atoms with Gasteiger partial charge in [-0.05, 0) is 47.0 Å². The van der Waals surface area contributed by atoms with E-state index in [1.807, 2.05) is 36.4 Å². The van der Waals surface area contributed by atoms with Crippen molar-refractivity contribution in [3.63, 3.8) is 0 Å². The first-order valence-corrected chi connectivity index (χ1v) is 5.90. The summed E-state index contributed by atoms with van der Waals surface area (Å²) in [5.41, 5.74) is 2.67. The van der Waals surface area contributed by atoms with Gasteiger partial charge in [-0.1, -0.05) is 40.2 Å². The SMILES string of the molecule is O=C(Cl)c1ccc(-c2cccc(Br)c2)cc1. The molecule has 2 rings (SSSR count). The number of carbonyl (C=O) groups excluding carboxylic acids is 1. The first-order valence-electron chi connectivity index (χ1n) is 4.72. The van der Waals surface area contributed by atoms with Gasteiger partial charge in [-0.2, -0.15) is 0 Å². The van der Waals surface area contributed by atoms with E-state index in [4.69, 9.17) is 11.6 Å². The maximum absolute atomic E-state index is 10.9. The fourth-order valence-corrected chi connectivity index (χ4v) is 1.99. The Kier molecular flexibility index (Phi) is 3.42. The molecular formula is C13H8BrClO. The average molecular weight is 296 g/mol. The minimum absolute atomic E-state index is 0.430. The highest BCUT2D eigenvalue weighted by Gasteiger charge is 2.02. The molecule has 0 N–H and O–H groups in total. The number of hydrogen-bond donors (Lipinski definition) is 0. The zero-order valence-corrected chi connectivity index (χ0v) is 10.6. The fourth-order valence-electron chi connectivity index (χ4n) is 1.46. The summed E-state index contributed by atoms with van der Waals surface area (Å²) in [6.45, 7) is 0. The lowest BCUT2D eigenvalue weighted by molar-refractivity contribution is 0.108. The Morgan fingerprint density at radius 3 is 2.25 bits per heavy atom. The summed E-state index contributed by atoms with van der Waals surface area (Å²) in [6.07, 6.45) is 0. The van der Waals surface area contributed by atoms with Crippen molar-refractivity contribution in [3.8, 4) is 11.1 Å². The van der Waals surface area contributed by atoms with Gasteiger partial charge < -0.3 is 0 Å². The van der Waals surface area contributed by atoms with E-state index in [0.29, 0.717) is 5.56 Å². The van der Waals surface area contributed by atoms with Gasteiger partial charge in [0.15, 0.2) is 0 Å². The third-order valence-corrected chi connectivity index (χ3v) is 2.98. The third-order valence-electron chi connectivity index (χ3n) is 2.27. The second-order valence-electron chi connectivity index (χ2n) is 3.36. The van der Waals surface area contributed by atoms with Gasteiger partial charge in [0.2, 0.25) is 0 Å². The minimum Gasteiger partial charge on any atom is -0.276 e. The first kappa shape index (κ1) is 11.4. The van der Waals surface area contributed by atoms with Crippen molar-refractivity contribution in [3.05, 3.63) is 58.6 Å². The molecule has 0 bridgehead atoms. The van der Waals surface area contributed by atoms with Gasteiger partial charge in [0.05, 0.1) is 0 Å². The molecule has 0 amide bonds. The molecule has 0 radical (unpaired) electrons. The van der Waals surface area contributed by atoms with Crippen LogP contribution in [0.1, 0.15) is 10.4 Å². The molecule has 80 valence electrons. The minimum atomic E-state index is -0.430. The topological polar surface area (TPSA) is 17.1 Å². The molecule has 0 heterocycles. The lowest BCUT2D eigenvalue weighted by atomic mass is 10.0. The van der Waals surface area contributed by atoms with Crippen LogP contribution in [-0.2, 0) is 0 Å². The van der Waals surface area contributed by atoms with Gasteiger partial charge >= 0.3 is 0 Å². The molecule has 0 aliphatic rings. The Morgan fingerprint density at radius 2 is 1.69 bits per heavy atom. The van der Waals surface area contributed by atoms with Crippen LogP contribution in [0.15, 0.2) is 53.0 Å². The molecule has 2 aromatic carbocycles. The Morgan fingerprint density at radius 1 is 1.00 bits per heavy atom. The maximum Gasteiger partial charge on any atom is 0.252 e. The van der Waals surface area contributed by atoms with Gasteiger partial charge in [-0.3, -0.25) is 4.79 Å². The summed E-state index contributed by atoms with van der Waals surface area (Å²) in [7, 11) is 0. The van der Waals surface area contributed by atoms with Crippen LogP contribution in [0, 0.1) is 0 Å². The molecule has 0 aromatic heterocycles. The van der Waals surface area contributed by atoms with E-state index in [-0.39, 0.29) is 0 Å². The summed E-state index contributed by atoms with van der Waals surface area (Å²) in [5, 5.41) is -0.430. The predicted octanol–water partition coefficient (Wildman–Crippen LogP) is 4.50. The van der Waals surface area contributed by atoms with Gasteiger partial charge in [0.25, 0.3) is 5.24 Å². The molecule has 0 atom stereocenters. The molecule has 0 spiro atoms. The van der Waals surface area contributed by atoms with Crippen LogP contribution < -0.4 is 0 Å². The van der Waals surface area contributed by atoms with Crippen molar-refractivity contribution < 1.29 is 4.79 Å². The van der Waals surface area contributed by atoms with E-state index in [2.05, 4.69) is 15.9 Å². The number of hydrogen-bond acceptors (Lipinski definition) is 1. The Bertz CT molecular complexity index is 520. The van der Waals surface area contributed by atoms with Crippen molar-refractivity contribution in [1.82, 2.24) is 0 Å². The van der Waals surface area contributed by atoms with Crippen molar-refractivity contribution in [2.75, 3.05) is 0 Å². The highest BCUT2D eigenvalue weighted by atomic mass is 79.9. The summed E-state index contributed by atoms with van der Waals surface area (Å²) < 4.78 is 1.03. The third kappa shape index (κ3) is 2.52. The highest BCUT2D eigenvalue weighted by Crippen LogP contribution is 2.23. The fraction of sp³-hybridized carbons (Fsp3) is 0. The molecule has 2 aromatic rings. The second-order valence-corrected chi connectivity index (χ2v) is 4.62. The molecule has 3 heteroatoms. The number of carbonyl (C=O) groups is 1. The van der Waals surface area contributed by atoms with Crippen LogP contribution in [0.3, 0.4) is 0 Å². The van der Waals surface area contributed by atoms with Gasteiger partial charge in [-0.15, -0.1) is 0 Å². The summed E-state index contributed by atoms with van der Waals surface area (Å²) >= 11 is 8.80. The number of rotatable bonds is 2. The highest BCUT2D eigenvalue weighted by molar-refractivity contribution is 9.10. The summed E-state index contributed by atoms with van der Waals surface area (Å²) in [6, 6.07) is 15.2. The molecule has 0 saturated heterocycles. The molecule has 0 aliphatic heterocycles. The Balaban J connectivity index is 2.38. The quantitative estimate of drug-likeness (QED) is 0.746. The predicted molar refractivity (Wildman–Crippen MR) is 69.8 cm³/mol. The van der Waals surface area contributed by atoms with Gasteiger partial charge in [0.1, 0.15) is 0 Å². The van der Waals surface area contributed by atoms with Crippen LogP contribution >= 0.6 is 27.5 Å². The van der Waals surface area contributed by atoms with Crippen LogP contribution in [0.25, 0.3) is 11.1 Å². The Hall–Kier alpha value is -1.12. The van der Waals surface area contributed by atoms with E-state index in [1.54, 1.807) is 12.1 Å². The lowest BCUT2D eigenvalue weighted by Crippen LogP contribution is -1.87. The maximum atomic E-state index is 10.9. The molecule has 0 unspecified atom stereocenters. The number of benzene rings is 2. The standard InChI is InChI=1S/C13H8BrClO/c14-12-3-1-2-11(8-12)9-4-6-10(7-5-9)13(15)16/h1-8H. The van der Waals surface area contributed by atoms with E-state index in [0.717, 1.165) is 15.6 Å². The summed E-state index contributed by atoms with van der Waals surface area (Å²) in [5.74, 6) is 0. The first-order chi connectivity index (χ1) is 7.66. The monoisotopic (exact) mass is 294 g/mol. The zero-order valence-electron chi connectivity index (χ0n) is 8.28. The van der Waals surface area contributed by atoms with E-state index in [9.17, 15) is 4.79 Å². The van der Waals surface area contributed by atoms with E-state index >= 15 is 0 Å². The van der Waals surface area contributed by atoms with Crippen molar-refractivity contribution in [2.45, 2.75) is 0 Å². The van der Waals surface area contributed by atoms with Crippen LogP contribution in [0.2, 0.25) is 0 Å². The van der Waals surface area contributed by atoms with Crippen LogP contribution in [0.5, 0.6) is 0 Å². The molecule has 0 fully saturated rings. The molecule has 0 aliphatic carbocycles. The van der Waals surface area contributed by atoms with Crippen molar-refractivity contribution in [2.24, 2.45) is 0 Å². The average Bonchev–Trinajstić information content (AvgIpc) is 2.29. The molecule has 1 nitrogen and oxygen atoms in total.